The molecule has 2 rings (SSSR count). The average Bonchev–Trinajstić information content (AvgIpc) is 2.54. The van der Waals surface area contributed by atoms with E-state index >= 15 is 0 Å². The van der Waals surface area contributed by atoms with Gasteiger partial charge in [0, 0.05) is 5.06 Å². The lowest BCUT2D eigenvalue weighted by Crippen LogP contribution is -2.34. The van der Waals surface area contributed by atoms with E-state index in [1.807, 2.05) is 27.8 Å². The zero-order chi connectivity index (χ0) is 20.0. The third-order valence-corrected chi connectivity index (χ3v) is 6.62. The van der Waals surface area contributed by atoms with Crippen LogP contribution < -0.4 is 15.9 Å². The second-order valence-corrected chi connectivity index (χ2v) is 10.0. The number of phenols is 1. The molecule has 0 aliphatic rings. The highest BCUT2D eigenvalue weighted by Gasteiger charge is 2.23. The van der Waals surface area contributed by atoms with Crippen LogP contribution in [0.2, 0.25) is 0 Å². The molecule has 0 spiro atoms. The topological polar surface area (TPSA) is 49.3 Å². The normalized spacial score (nSPS) is 13.4. The second kappa shape index (κ2) is 7.59. The largest absolute Gasteiger partial charge is 0.506 e. The molecule has 1 amide bonds. The Balaban J connectivity index is 2.70. The number of aryl methyl sites for hydroxylation is 1. The van der Waals surface area contributed by atoms with Gasteiger partial charge in [0.2, 0.25) is 5.91 Å². The monoisotopic (exact) mass is 405 g/mol. The first-order chi connectivity index (χ1) is 11.9. The Labute approximate surface area is 164 Å². The molecule has 0 aliphatic heterocycles. The van der Waals surface area contributed by atoms with E-state index in [0.29, 0.717) is 5.69 Å². The molecular formula is C19H27BNO2P3. The molecule has 0 saturated heterocycles. The Morgan fingerprint density at radius 1 is 1.08 bits per heavy atom. The smallest absolute Gasteiger partial charge is 0.225 e. The molecule has 0 heterocycles. The number of hydrogen-bond acceptors (Lipinski definition) is 2. The van der Waals surface area contributed by atoms with Gasteiger partial charge >= 0.3 is 0 Å². The summed E-state index contributed by atoms with van der Waals surface area (Å²) in [7, 11) is 10.0. The second-order valence-electron chi connectivity index (χ2n) is 7.44. The molecule has 26 heavy (non-hydrogen) atoms. The number of aromatic hydroxyl groups is 1. The van der Waals surface area contributed by atoms with E-state index in [4.69, 9.17) is 0 Å². The Kier molecular flexibility index (Phi) is 6.24. The number of nitrogens with one attached hydrogen (secondary N) is 1. The lowest BCUT2D eigenvalue weighted by Gasteiger charge is -2.22. The number of carbonyl (C=O) groups excluding carboxylic acids is 1. The molecule has 0 saturated carbocycles. The first-order valence-corrected chi connectivity index (χ1v) is 10.2. The van der Waals surface area contributed by atoms with Crippen molar-refractivity contribution in [2.24, 2.45) is 0 Å². The summed E-state index contributed by atoms with van der Waals surface area (Å²) in [5.41, 5.74) is 7.24. The van der Waals surface area contributed by atoms with Crippen molar-refractivity contribution in [1.82, 2.24) is 0 Å². The van der Waals surface area contributed by atoms with Gasteiger partial charge in [-0.1, -0.05) is 6.92 Å². The zero-order valence-corrected chi connectivity index (χ0v) is 19.7. The van der Waals surface area contributed by atoms with Crippen molar-refractivity contribution in [3.63, 3.8) is 0 Å². The zero-order valence-electron chi connectivity index (χ0n) is 16.2. The van der Waals surface area contributed by atoms with Crippen LogP contribution in [0.1, 0.15) is 29.2 Å². The SMILES string of the molecule is BC(C)(P)C(=O)Nc1cc(-c2c(P)c(C)c(C)c(C)c2P)c(C)cc1O. The van der Waals surface area contributed by atoms with Crippen LogP contribution >= 0.6 is 27.7 Å². The molecule has 7 heteroatoms. The van der Waals surface area contributed by atoms with Gasteiger partial charge in [-0.15, -0.1) is 27.7 Å². The van der Waals surface area contributed by atoms with Gasteiger partial charge in [-0.05, 0) is 83.8 Å². The predicted octanol–water partition coefficient (Wildman–Crippen LogP) is 2.46. The predicted molar refractivity (Wildman–Crippen MR) is 126 cm³/mol. The Morgan fingerprint density at radius 3 is 2.04 bits per heavy atom. The molecule has 4 unspecified atom stereocenters. The molecule has 0 bridgehead atoms. The lowest BCUT2D eigenvalue weighted by molar-refractivity contribution is -0.116. The minimum absolute atomic E-state index is 0.0741. The number of hydrogen-bond donors (Lipinski definition) is 2. The highest BCUT2D eigenvalue weighted by molar-refractivity contribution is 7.31. The molecule has 2 N–H and O–H groups in total. The van der Waals surface area contributed by atoms with E-state index in [2.05, 4.69) is 53.8 Å². The number of carbonyl (C=O) groups is 1. The van der Waals surface area contributed by atoms with Gasteiger partial charge in [0.05, 0.1) is 5.69 Å². The summed E-state index contributed by atoms with van der Waals surface area (Å²) in [6.07, 6.45) is 0. The highest BCUT2D eigenvalue weighted by atomic mass is 31.0. The molecule has 138 valence electrons. The van der Waals surface area contributed by atoms with Crippen molar-refractivity contribution in [2.75, 3.05) is 5.32 Å². The molecule has 0 radical (unpaired) electrons. The van der Waals surface area contributed by atoms with Gasteiger partial charge in [0.25, 0.3) is 0 Å². The molecule has 0 fully saturated rings. The molecule has 3 nitrogen and oxygen atoms in total. The fourth-order valence-corrected chi connectivity index (χ4v) is 4.13. The van der Waals surface area contributed by atoms with Gasteiger partial charge in [0.1, 0.15) is 13.6 Å². The molecule has 2 aromatic rings. The maximum Gasteiger partial charge on any atom is 0.225 e. The van der Waals surface area contributed by atoms with E-state index in [1.54, 1.807) is 6.07 Å². The van der Waals surface area contributed by atoms with Crippen LogP contribution in [-0.2, 0) is 4.79 Å². The van der Waals surface area contributed by atoms with Crippen molar-refractivity contribution in [2.45, 2.75) is 39.7 Å². The quantitative estimate of drug-likeness (QED) is 0.469. The van der Waals surface area contributed by atoms with Crippen LogP contribution in [0, 0.1) is 27.7 Å². The standard InChI is InChI=1S/C19H27BNO2P3/c1-8-6-14(22)13(21-18(23)19(5,20)26)7-12(8)15-16(24)10(3)9(2)11(4)17(15)25/h6-7,22H,20,24-26H2,1-5H3,(H,21,23). The lowest BCUT2D eigenvalue weighted by atomic mass is 9.87. The third kappa shape index (κ3) is 3.99. The minimum Gasteiger partial charge on any atom is -0.506 e. The van der Waals surface area contributed by atoms with Crippen LogP contribution in [0.3, 0.4) is 0 Å². The van der Waals surface area contributed by atoms with Gasteiger partial charge in [0.15, 0.2) is 0 Å². The number of anilines is 1. The van der Waals surface area contributed by atoms with Gasteiger partial charge < -0.3 is 10.4 Å². The Hall–Kier alpha value is -0.935. The first kappa shape index (κ1) is 21.4. The summed E-state index contributed by atoms with van der Waals surface area (Å²) in [5, 5.41) is 14.8. The molecule has 0 aliphatic carbocycles. The number of amides is 1. The van der Waals surface area contributed by atoms with Crippen molar-refractivity contribution >= 4 is 57.8 Å². The molecule has 0 aromatic heterocycles. The van der Waals surface area contributed by atoms with Gasteiger partial charge in [-0.25, -0.2) is 0 Å². The number of benzene rings is 2. The van der Waals surface area contributed by atoms with Crippen molar-refractivity contribution in [3.05, 3.63) is 34.4 Å². The van der Waals surface area contributed by atoms with Crippen LogP contribution in [0.5, 0.6) is 5.75 Å². The van der Waals surface area contributed by atoms with E-state index in [1.165, 1.54) is 16.7 Å². The summed E-state index contributed by atoms with van der Waals surface area (Å²) >= 11 is 0. The maximum absolute atomic E-state index is 12.4. The minimum atomic E-state index is -0.619. The van der Waals surface area contributed by atoms with Crippen LogP contribution in [0.25, 0.3) is 11.1 Å². The Bertz CT molecular complexity index is 876. The summed E-state index contributed by atoms with van der Waals surface area (Å²) in [6.45, 7) is 10.2. The van der Waals surface area contributed by atoms with Crippen LogP contribution in [0.15, 0.2) is 12.1 Å². The molecular weight excluding hydrogens is 378 g/mol. The van der Waals surface area contributed by atoms with Crippen LogP contribution in [-0.4, -0.2) is 23.9 Å². The summed E-state index contributed by atoms with van der Waals surface area (Å²) in [4.78, 5) is 12.4. The maximum atomic E-state index is 12.4. The van der Waals surface area contributed by atoms with E-state index < -0.39 is 5.06 Å². The summed E-state index contributed by atoms with van der Waals surface area (Å²) in [5.74, 6) is -0.0916. The third-order valence-electron chi connectivity index (χ3n) is 4.92. The fourth-order valence-electron chi connectivity index (χ4n) is 2.84. The first-order valence-electron chi connectivity index (χ1n) is 8.45. The van der Waals surface area contributed by atoms with E-state index in [0.717, 1.165) is 27.3 Å². The average molecular weight is 405 g/mol. The van der Waals surface area contributed by atoms with Crippen molar-refractivity contribution in [1.29, 1.82) is 0 Å². The van der Waals surface area contributed by atoms with Gasteiger partial charge in [-0.3, -0.25) is 4.79 Å². The summed E-state index contributed by atoms with van der Waals surface area (Å²) in [6, 6.07) is 3.57. The van der Waals surface area contributed by atoms with Crippen LogP contribution in [0.4, 0.5) is 5.69 Å². The highest BCUT2D eigenvalue weighted by Crippen LogP contribution is 2.35. The van der Waals surface area contributed by atoms with Gasteiger partial charge in [-0.2, -0.15) is 0 Å². The van der Waals surface area contributed by atoms with E-state index in [-0.39, 0.29) is 11.7 Å². The van der Waals surface area contributed by atoms with Crippen molar-refractivity contribution in [3.8, 4) is 16.9 Å². The fraction of sp³-hybridized carbons (Fsp3) is 0.316. The number of phenolic OH excluding ortho intramolecular Hbond substituents is 1. The molecule has 4 atom stereocenters. The molecule has 2 aromatic carbocycles. The van der Waals surface area contributed by atoms with Crippen molar-refractivity contribution < 1.29 is 9.90 Å². The Morgan fingerprint density at radius 2 is 1.58 bits per heavy atom. The number of rotatable bonds is 3. The summed E-state index contributed by atoms with van der Waals surface area (Å²) < 4.78 is 0. The van der Waals surface area contributed by atoms with E-state index in [9.17, 15) is 9.90 Å².